The van der Waals surface area contributed by atoms with E-state index in [4.69, 9.17) is 0 Å². The van der Waals surface area contributed by atoms with E-state index in [1.165, 1.54) is 17.3 Å². The summed E-state index contributed by atoms with van der Waals surface area (Å²) in [7, 11) is 2.00. The van der Waals surface area contributed by atoms with Gasteiger partial charge in [0.1, 0.15) is 11.6 Å². The summed E-state index contributed by atoms with van der Waals surface area (Å²) in [5.74, 6) is 0.718. The SMILES string of the molecule is CCCCN(C)c1nc(SC)nc(-c2ccc(C(C)(C)C)cc2)c1C#N. The molecular weight excluding hydrogens is 340 g/mol. The molecule has 1 heterocycles. The van der Waals surface area contributed by atoms with E-state index < -0.39 is 0 Å². The van der Waals surface area contributed by atoms with Crippen LogP contribution in [0.1, 0.15) is 51.7 Å². The molecule has 0 bridgehead atoms. The molecule has 26 heavy (non-hydrogen) atoms. The fourth-order valence-electron chi connectivity index (χ4n) is 2.74. The summed E-state index contributed by atoms with van der Waals surface area (Å²) in [6.45, 7) is 9.62. The fourth-order valence-corrected chi connectivity index (χ4v) is 3.10. The van der Waals surface area contributed by atoms with Crippen LogP contribution in [-0.4, -0.2) is 29.8 Å². The van der Waals surface area contributed by atoms with Crippen LogP contribution < -0.4 is 4.90 Å². The fraction of sp³-hybridized carbons (Fsp3) is 0.476. The molecule has 2 aromatic rings. The maximum atomic E-state index is 9.82. The van der Waals surface area contributed by atoms with Gasteiger partial charge in [-0.05, 0) is 23.7 Å². The quantitative estimate of drug-likeness (QED) is 0.513. The van der Waals surface area contributed by atoms with Crippen LogP contribution in [0.15, 0.2) is 29.4 Å². The van der Waals surface area contributed by atoms with Crippen molar-refractivity contribution in [1.29, 1.82) is 5.26 Å². The molecule has 0 aliphatic rings. The van der Waals surface area contributed by atoms with Crippen LogP contribution in [0, 0.1) is 11.3 Å². The second-order valence-electron chi connectivity index (χ2n) is 7.47. The van der Waals surface area contributed by atoms with Crippen LogP contribution in [-0.2, 0) is 5.41 Å². The summed E-state index contributed by atoms with van der Waals surface area (Å²) < 4.78 is 0. The Morgan fingerprint density at radius 2 is 1.81 bits per heavy atom. The van der Waals surface area contributed by atoms with Crippen LogP contribution in [0.2, 0.25) is 0 Å². The van der Waals surface area contributed by atoms with Gasteiger partial charge in [0.2, 0.25) is 0 Å². The van der Waals surface area contributed by atoms with E-state index in [-0.39, 0.29) is 5.41 Å². The molecule has 0 unspecified atom stereocenters. The lowest BCUT2D eigenvalue weighted by atomic mass is 9.86. The molecule has 0 amide bonds. The molecule has 0 fully saturated rings. The molecule has 1 aromatic carbocycles. The van der Waals surface area contributed by atoms with Gasteiger partial charge in [-0.2, -0.15) is 5.26 Å². The maximum Gasteiger partial charge on any atom is 0.189 e. The second-order valence-corrected chi connectivity index (χ2v) is 8.25. The lowest BCUT2D eigenvalue weighted by Crippen LogP contribution is -2.21. The van der Waals surface area contributed by atoms with Gasteiger partial charge in [0.05, 0.1) is 5.69 Å². The molecule has 0 saturated carbocycles. The Morgan fingerprint density at radius 3 is 2.31 bits per heavy atom. The normalized spacial score (nSPS) is 11.3. The summed E-state index contributed by atoms with van der Waals surface area (Å²) in [6.07, 6.45) is 4.13. The number of rotatable bonds is 6. The summed E-state index contributed by atoms with van der Waals surface area (Å²) in [5, 5.41) is 10.5. The summed E-state index contributed by atoms with van der Waals surface area (Å²) >= 11 is 1.50. The zero-order valence-electron chi connectivity index (χ0n) is 16.6. The Balaban J connectivity index is 2.55. The van der Waals surface area contributed by atoms with Crippen molar-refractivity contribution < 1.29 is 0 Å². The van der Waals surface area contributed by atoms with Crippen molar-refractivity contribution in [2.45, 2.75) is 51.1 Å². The molecule has 0 aliphatic carbocycles. The smallest absolute Gasteiger partial charge is 0.189 e. The van der Waals surface area contributed by atoms with E-state index in [1.807, 2.05) is 13.3 Å². The maximum absolute atomic E-state index is 9.82. The number of unbranched alkanes of at least 4 members (excludes halogenated alkanes) is 1. The van der Waals surface area contributed by atoms with Gasteiger partial charge in [0.15, 0.2) is 11.0 Å². The molecule has 4 nitrogen and oxygen atoms in total. The van der Waals surface area contributed by atoms with Crippen molar-refractivity contribution in [2.24, 2.45) is 0 Å². The molecular formula is C21H28N4S. The first-order valence-corrected chi connectivity index (χ1v) is 10.2. The third-order valence-electron chi connectivity index (χ3n) is 4.40. The molecule has 2 rings (SSSR count). The average Bonchev–Trinajstić information content (AvgIpc) is 2.64. The minimum atomic E-state index is 0.0955. The Kier molecular flexibility index (Phi) is 6.66. The molecule has 0 radical (unpaired) electrons. The summed E-state index contributed by atoms with van der Waals surface area (Å²) in [4.78, 5) is 11.3. The first kappa shape index (κ1) is 20.3. The molecule has 0 aliphatic heterocycles. The highest BCUT2D eigenvalue weighted by molar-refractivity contribution is 7.98. The molecule has 5 heteroatoms. The first-order valence-electron chi connectivity index (χ1n) is 9.00. The standard InChI is InChI=1S/C21H28N4S/c1-7-8-13-25(5)19-17(14-22)18(23-20(24-19)26-6)15-9-11-16(12-10-15)21(2,3)4/h9-12H,7-8,13H2,1-6H3. The van der Waals surface area contributed by atoms with Crippen molar-refractivity contribution in [3.05, 3.63) is 35.4 Å². The third-order valence-corrected chi connectivity index (χ3v) is 4.94. The van der Waals surface area contributed by atoms with E-state index in [1.54, 1.807) is 0 Å². The lowest BCUT2D eigenvalue weighted by Gasteiger charge is -2.21. The molecule has 0 spiro atoms. The monoisotopic (exact) mass is 368 g/mol. The van der Waals surface area contributed by atoms with E-state index in [0.29, 0.717) is 16.4 Å². The number of nitriles is 1. The van der Waals surface area contributed by atoms with E-state index in [2.05, 4.69) is 72.9 Å². The third kappa shape index (κ3) is 4.56. The molecule has 0 saturated heterocycles. The van der Waals surface area contributed by atoms with Crippen molar-refractivity contribution in [1.82, 2.24) is 9.97 Å². The van der Waals surface area contributed by atoms with Gasteiger partial charge in [0, 0.05) is 19.2 Å². The molecule has 0 atom stereocenters. The molecule has 138 valence electrons. The number of aromatic nitrogens is 2. The predicted molar refractivity (Wildman–Crippen MR) is 111 cm³/mol. The molecule has 1 aromatic heterocycles. The van der Waals surface area contributed by atoms with E-state index in [9.17, 15) is 5.26 Å². The number of nitrogens with zero attached hydrogens (tertiary/aromatic N) is 4. The summed E-state index contributed by atoms with van der Waals surface area (Å²) in [5.41, 5.74) is 3.57. The Hall–Kier alpha value is -2.06. The lowest BCUT2D eigenvalue weighted by molar-refractivity contribution is 0.590. The van der Waals surface area contributed by atoms with Gasteiger partial charge in [-0.25, -0.2) is 9.97 Å². The number of benzene rings is 1. The van der Waals surface area contributed by atoms with Crippen LogP contribution in [0.25, 0.3) is 11.3 Å². The number of hydrogen-bond acceptors (Lipinski definition) is 5. The predicted octanol–water partition coefficient (Wildman–Crippen LogP) is 5.27. The topological polar surface area (TPSA) is 52.8 Å². The van der Waals surface area contributed by atoms with Crippen molar-refractivity contribution in [2.75, 3.05) is 24.7 Å². The number of thioether (sulfide) groups is 1. The highest BCUT2D eigenvalue weighted by Crippen LogP contribution is 2.31. The minimum absolute atomic E-state index is 0.0955. The van der Waals surface area contributed by atoms with Gasteiger partial charge in [-0.1, -0.05) is 70.1 Å². The summed E-state index contributed by atoms with van der Waals surface area (Å²) in [6, 6.07) is 10.7. The highest BCUT2D eigenvalue weighted by Gasteiger charge is 2.19. The Labute approximate surface area is 161 Å². The first-order chi connectivity index (χ1) is 12.3. The molecule has 0 N–H and O–H groups in total. The van der Waals surface area contributed by atoms with Crippen LogP contribution in [0.4, 0.5) is 5.82 Å². The minimum Gasteiger partial charge on any atom is -0.358 e. The van der Waals surface area contributed by atoms with E-state index in [0.717, 1.165) is 30.8 Å². The van der Waals surface area contributed by atoms with Crippen molar-refractivity contribution in [3.8, 4) is 17.3 Å². The van der Waals surface area contributed by atoms with Gasteiger partial charge in [-0.15, -0.1) is 0 Å². The van der Waals surface area contributed by atoms with Crippen LogP contribution in [0.3, 0.4) is 0 Å². The average molecular weight is 369 g/mol. The Bertz CT molecular complexity index is 785. The number of hydrogen-bond donors (Lipinski definition) is 0. The van der Waals surface area contributed by atoms with Gasteiger partial charge in [0.25, 0.3) is 0 Å². The number of anilines is 1. The highest BCUT2D eigenvalue weighted by atomic mass is 32.2. The van der Waals surface area contributed by atoms with Gasteiger partial charge in [-0.3, -0.25) is 0 Å². The second kappa shape index (κ2) is 8.55. The zero-order chi connectivity index (χ0) is 19.3. The van der Waals surface area contributed by atoms with E-state index >= 15 is 0 Å². The largest absolute Gasteiger partial charge is 0.358 e. The van der Waals surface area contributed by atoms with Crippen molar-refractivity contribution in [3.63, 3.8) is 0 Å². The van der Waals surface area contributed by atoms with Crippen molar-refractivity contribution >= 4 is 17.6 Å². The van der Waals surface area contributed by atoms with Crippen LogP contribution >= 0.6 is 11.8 Å². The Morgan fingerprint density at radius 1 is 1.15 bits per heavy atom. The van der Waals surface area contributed by atoms with Gasteiger partial charge >= 0.3 is 0 Å². The van der Waals surface area contributed by atoms with Crippen LogP contribution in [0.5, 0.6) is 0 Å². The van der Waals surface area contributed by atoms with Gasteiger partial charge < -0.3 is 4.90 Å². The zero-order valence-corrected chi connectivity index (χ0v) is 17.4.